The van der Waals surface area contributed by atoms with Crippen molar-refractivity contribution in [2.75, 3.05) is 13.7 Å². The molecule has 0 aliphatic carbocycles. The summed E-state index contributed by atoms with van der Waals surface area (Å²) >= 11 is 0. The van der Waals surface area contributed by atoms with E-state index in [1.54, 1.807) is 31.3 Å². The minimum atomic E-state index is -0.665. The molecule has 0 N–H and O–H groups in total. The van der Waals surface area contributed by atoms with E-state index < -0.39 is 11.6 Å². The first-order chi connectivity index (χ1) is 12.4. The highest BCUT2D eigenvalue weighted by molar-refractivity contribution is 5.94. The molecular weight excluding hydrogens is 340 g/mol. The zero-order valence-electron chi connectivity index (χ0n) is 14.8. The van der Waals surface area contributed by atoms with Crippen molar-refractivity contribution >= 4 is 11.7 Å². The average molecular weight is 361 g/mol. The van der Waals surface area contributed by atoms with E-state index in [0.29, 0.717) is 24.3 Å². The van der Waals surface area contributed by atoms with Crippen LogP contribution in [0, 0.1) is 11.6 Å². The molecule has 0 saturated heterocycles. The number of carbonyl (C=O) groups is 2. The molecule has 0 saturated carbocycles. The van der Waals surface area contributed by atoms with Crippen molar-refractivity contribution in [3.05, 3.63) is 65.2 Å². The van der Waals surface area contributed by atoms with Crippen LogP contribution in [-0.4, -0.2) is 30.2 Å². The number of Topliss-reactive ketones (excluding diaryl/α,β-unsaturated/α-hetero) is 1. The van der Waals surface area contributed by atoms with Crippen LogP contribution in [0.3, 0.4) is 0 Å². The Morgan fingerprint density at radius 1 is 1.08 bits per heavy atom. The topological polar surface area (TPSA) is 46.6 Å². The van der Waals surface area contributed by atoms with E-state index in [1.807, 2.05) is 0 Å². The van der Waals surface area contributed by atoms with Gasteiger partial charge in [0.1, 0.15) is 17.4 Å². The van der Waals surface area contributed by atoms with Gasteiger partial charge in [-0.15, -0.1) is 0 Å². The molecule has 2 aromatic carbocycles. The van der Waals surface area contributed by atoms with Crippen molar-refractivity contribution in [3.63, 3.8) is 0 Å². The summed E-state index contributed by atoms with van der Waals surface area (Å²) in [6.45, 7) is 1.93. The van der Waals surface area contributed by atoms with Crippen molar-refractivity contribution < 1.29 is 23.1 Å². The highest BCUT2D eigenvalue weighted by Gasteiger charge is 2.12. The molecule has 2 aromatic rings. The van der Waals surface area contributed by atoms with Crippen molar-refractivity contribution in [1.29, 1.82) is 0 Å². The van der Waals surface area contributed by atoms with Crippen LogP contribution in [0.5, 0.6) is 5.75 Å². The molecule has 0 atom stereocenters. The largest absolute Gasteiger partial charge is 0.494 e. The minimum absolute atomic E-state index is 0.0113. The monoisotopic (exact) mass is 361 g/mol. The standard InChI is InChI=1S/C20H21F2NO3/c1-14(24)15-6-9-18(10-7-15)26-11-3-4-20(25)23(2)13-16-5-8-17(21)12-19(16)22/h5-10,12H,3-4,11,13H2,1-2H3. The molecule has 1 amide bonds. The Hall–Kier alpha value is -2.76. The van der Waals surface area contributed by atoms with Crippen molar-refractivity contribution in [2.45, 2.75) is 26.3 Å². The second-order valence-corrected chi connectivity index (χ2v) is 6.02. The molecule has 0 bridgehead atoms. The third-order valence-electron chi connectivity index (χ3n) is 3.91. The van der Waals surface area contributed by atoms with Crippen LogP contribution in [-0.2, 0) is 11.3 Å². The highest BCUT2D eigenvalue weighted by atomic mass is 19.1. The summed E-state index contributed by atoms with van der Waals surface area (Å²) in [6, 6.07) is 10.1. The molecule has 0 aliphatic heterocycles. The van der Waals surface area contributed by atoms with Crippen LogP contribution >= 0.6 is 0 Å². The molecule has 0 fully saturated rings. The van der Waals surface area contributed by atoms with Crippen LogP contribution in [0.15, 0.2) is 42.5 Å². The van der Waals surface area contributed by atoms with E-state index in [0.717, 1.165) is 6.07 Å². The number of benzene rings is 2. The lowest BCUT2D eigenvalue weighted by molar-refractivity contribution is -0.130. The summed E-state index contributed by atoms with van der Waals surface area (Å²) in [5.74, 6) is -0.841. The van der Waals surface area contributed by atoms with Crippen LogP contribution in [0.25, 0.3) is 0 Å². The number of hydrogen-bond donors (Lipinski definition) is 0. The summed E-state index contributed by atoms with van der Waals surface area (Å²) in [6.07, 6.45) is 0.758. The van der Waals surface area contributed by atoms with Crippen LogP contribution in [0.2, 0.25) is 0 Å². The summed E-state index contributed by atoms with van der Waals surface area (Å²) in [5, 5.41) is 0. The Kier molecular flexibility index (Phi) is 6.83. The fraction of sp³-hybridized carbons (Fsp3) is 0.300. The lowest BCUT2D eigenvalue weighted by Crippen LogP contribution is -2.26. The van der Waals surface area contributed by atoms with Crippen molar-refractivity contribution in [2.24, 2.45) is 0 Å². The Balaban J connectivity index is 1.74. The third-order valence-corrected chi connectivity index (χ3v) is 3.91. The lowest BCUT2D eigenvalue weighted by Gasteiger charge is -2.17. The van der Waals surface area contributed by atoms with E-state index in [2.05, 4.69) is 0 Å². The molecule has 2 rings (SSSR count). The van der Waals surface area contributed by atoms with Gasteiger partial charge in [0.15, 0.2) is 5.78 Å². The Bertz CT molecular complexity index is 775. The number of rotatable bonds is 8. The molecule has 0 heterocycles. The smallest absolute Gasteiger partial charge is 0.222 e. The highest BCUT2D eigenvalue weighted by Crippen LogP contribution is 2.14. The average Bonchev–Trinajstić information content (AvgIpc) is 2.61. The lowest BCUT2D eigenvalue weighted by atomic mass is 10.1. The number of amides is 1. The molecular formula is C20H21F2NO3. The number of carbonyl (C=O) groups excluding carboxylic acids is 2. The molecule has 0 radical (unpaired) electrons. The first kappa shape index (κ1) is 19.6. The second-order valence-electron chi connectivity index (χ2n) is 6.02. The number of hydrogen-bond acceptors (Lipinski definition) is 3. The van der Waals surface area contributed by atoms with Gasteiger partial charge in [0, 0.05) is 37.2 Å². The fourth-order valence-electron chi connectivity index (χ4n) is 2.38. The predicted octanol–water partition coefficient (Wildman–Crippen LogP) is 3.99. The summed E-state index contributed by atoms with van der Waals surface area (Å²) < 4.78 is 32.1. The summed E-state index contributed by atoms with van der Waals surface area (Å²) in [7, 11) is 1.58. The van der Waals surface area contributed by atoms with Gasteiger partial charge in [-0.2, -0.15) is 0 Å². The van der Waals surface area contributed by atoms with E-state index in [4.69, 9.17) is 4.74 Å². The Morgan fingerprint density at radius 3 is 2.38 bits per heavy atom. The van der Waals surface area contributed by atoms with E-state index in [9.17, 15) is 18.4 Å². The van der Waals surface area contributed by atoms with Gasteiger partial charge in [-0.1, -0.05) is 6.07 Å². The van der Waals surface area contributed by atoms with Gasteiger partial charge in [0.25, 0.3) is 0 Å². The van der Waals surface area contributed by atoms with Crippen LogP contribution in [0.4, 0.5) is 8.78 Å². The van der Waals surface area contributed by atoms with Crippen molar-refractivity contribution in [3.8, 4) is 5.75 Å². The van der Waals surface area contributed by atoms with Gasteiger partial charge in [-0.05, 0) is 43.7 Å². The Labute approximate surface area is 151 Å². The maximum Gasteiger partial charge on any atom is 0.222 e. The SMILES string of the molecule is CC(=O)c1ccc(OCCCC(=O)N(C)Cc2ccc(F)cc2F)cc1. The molecule has 0 aromatic heterocycles. The molecule has 0 spiro atoms. The van der Waals surface area contributed by atoms with Crippen molar-refractivity contribution in [1.82, 2.24) is 4.90 Å². The van der Waals surface area contributed by atoms with E-state index >= 15 is 0 Å². The van der Waals surface area contributed by atoms with Gasteiger partial charge >= 0.3 is 0 Å². The molecule has 0 aliphatic rings. The third kappa shape index (κ3) is 5.65. The first-order valence-corrected chi connectivity index (χ1v) is 8.28. The molecule has 138 valence electrons. The molecule has 4 nitrogen and oxygen atoms in total. The van der Waals surface area contributed by atoms with E-state index in [1.165, 1.54) is 24.0 Å². The van der Waals surface area contributed by atoms with Crippen LogP contribution in [0.1, 0.15) is 35.7 Å². The van der Waals surface area contributed by atoms with E-state index in [-0.39, 0.29) is 30.2 Å². The maximum absolute atomic E-state index is 13.6. The normalized spacial score (nSPS) is 10.5. The number of ketones is 1. The second kappa shape index (κ2) is 9.08. The number of ether oxygens (including phenoxy) is 1. The zero-order valence-corrected chi connectivity index (χ0v) is 14.8. The van der Waals surface area contributed by atoms with Gasteiger partial charge in [0.2, 0.25) is 5.91 Å². The number of nitrogens with zero attached hydrogens (tertiary/aromatic N) is 1. The molecule has 6 heteroatoms. The fourth-order valence-corrected chi connectivity index (χ4v) is 2.38. The summed E-state index contributed by atoms with van der Waals surface area (Å²) in [4.78, 5) is 24.7. The molecule has 0 unspecified atom stereocenters. The summed E-state index contributed by atoms with van der Waals surface area (Å²) in [5.41, 5.74) is 0.881. The Morgan fingerprint density at radius 2 is 1.77 bits per heavy atom. The zero-order chi connectivity index (χ0) is 19.1. The minimum Gasteiger partial charge on any atom is -0.494 e. The number of halogens is 2. The van der Waals surface area contributed by atoms with Gasteiger partial charge in [-0.25, -0.2) is 8.78 Å². The molecule has 26 heavy (non-hydrogen) atoms. The van der Waals surface area contributed by atoms with Gasteiger partial charge < -0.3 is 9.64 Å². The predicted molar refractivity (Wildman–Crippen MR) is 94.0 cm³/mol. The van der Waals surface area contributed by atoms with Gasteiger partial charge in [0.05, 0.1) is 6.61 Å². The maximum atomic E-state index is 13.6. The first-order valence-electron chi connectivity index (χ1n) is 8.28. The van der Waals surface area contributed by atoms with Gasteiger partial charge in [-0.3, -0.25) is 9.59 Å². The van der Waals surface area contributed by atoms with Crippen LogP contribution < -0.4 is 4.74 Å². The quantitative estimate of drug-likeness (QED) is 0.528.